The number of aryl methyl sites for hydroxylation is 2. The van der Waals surface area contributed by atoms with Crippen LogP contribution in [-0.2, 0) is 6.42 Å². The number of hydrogen-bond donors (Lipinski definition) is 0. The minimum atomic E-state index is -0.950. The molecule has 0 N–H and O–H groups in total. The molecular formula is C14H14F2O2. The van der Waals surface area contributed by atoms with Crippen molar-refractivity contribution in [2.45, 2.75) is 39.2 Å². The van der Waals surface area contributed by atoms with Crippen molar-refractivity contribution in [2.24, 2.45) is 0 Å². The van der Waals surface area contributed by atoms with Crippen LogP contribution >= 0.6 is 0 Å². The van der Waals surface area contributed by atoms with E-state index in [9.17, 15) is 8.78 Å². The Morgan fingerprint density at radius 2 is 2.11 bits per heavy atom. The SMILES string of the molecule is CCC1CCc2c(c(F)c(F)c3oc(C)cc23)O1. The number of benzene rings is 1. The van der Waals surface area contributed by atoms with Gasteiger partial charge < -0.3 is 9.15 Å². The summed E-state index contributed by atoms with van der Waals surface area (Å²) in [7, 11) is 0. The maximum atomic E-state index is 14.0. The number of hydrogen-bond acceptors (Lipinski definition) is 2. The van der Waals surface area contributed by atoms with Crippen molar-refractivity contribution in [1.29, 1.82) is 0 Å². The maximum absolute atomic E-state index is 14.0. The van der Waals surface area contributed by atoms with Crippen molar-refractivity contribution in [2.75, 3.05) is 0 Å². The lowest BCUT2D eigenvalue weighted by molar-refractivity contribution is 0.160. The summed E-state index contributed by atoms with van der Waals surface area (Å²) in [6.45, 7) is 3.70. The van der Waals surface area contributed by atoms with Gasteiger partial charge in [0.2, 0.25) is 11.6 Å². The fourth-order valence-electron chi connectivity index (χ4n) is 2.55. The highest BCUT2D eigenvalue weighted by molar-refractivity contribution is 5.85. The van der Waals surface area contributed by atoms with Gasteiger partial charge in [-0.25, -0.2) is 0 Å². The van der Waals surface area contributed by atoms with Crippen LogP contribution in [0.2, 0.25) is 0 Å². The molecule has 0 saturated carbocycles. The lowest BCUT2D eigenvalue weighted by Crippen LogP contribution is -2.23. The van der Waals surface area contributed by atoms with Crippen molar-refractivity contribution in [3.05, 3.63) is 29.0 Å². The molecule has 1 atom stereocenters. The molecule has 1 aliphatic heterocycles. The predicted molar refractivity (Wildman–Crippen MR) is 63.9 cm³/mol. The van der Waals surface area contributed by atoms with Gasteiger partial charge in [-0.15, -0.1) is 0 Å². The van der Waals surface area contributed by atoms with E-state index in [-0.39, 0.29) is 17.4 Å². The molecule has 2 heterocycles. The average molecular weight is 252 g/mol. The summed E-state index contributed by atoms with van der Waals surface area (Å²) in [5.41, 5.74) is 0.729. The molecule has 0 aliphatic carbocycles. The van der Waals surface area contributed by atoms with Gasteiger partial charge in [0.15, 0.2) is 11.3 Å². The third kappa shape index (κ3) is 1.51. The summed E-state index contributed by atoms with van der Waals surface area (Å²) in [4.78, 5) is 0. The van der Waals surface area contributed by atoms with Crippen LogP contribution in [0.15, 0.2) is 10.5 Å². The normalized spacial score (nSPS) is 18.8. The quantitative estimate of drug-likeness (QED) is 0.761. The first-order valence-corrected chi connectivity index (χ1v) is 6.18. The summed E-state index contributed by atoms with van der Waals surface area (Å²) in [5, 5.41) is 0.635. The van der Waals surface area contributed by atoms with Crippen molar-refractivity contribution in [3.63, 3.8) is 0 Å². The first-order chi connectivity index (χ1) is 8.61. The summed E-state index contributed by atoms with van der Waals surface area (Å²) in [5.74, 6) is -1.23. The highest BCUT2D eigenvalue weighted by atomic mass is 19.2. The standard InChI is InChI=1S/C14H14F2O2/c1-3-8-4-5-9-10-6-7(2)17-14(10)12(16)11(15)13(9)18-8/h6,8H,3-5H2,1-2H3. The zero-order valence-electron chi connectivity index (χ0n) is 10.3. The molecular weight excluding hydrogens is 238 g/mol. The van der Waals surface area contributed by atoms with Crippen LogP contribution in [0, 0.1) is 18.6 Å². The fourth-order valence-corrected chi connectivity index (χ4v) is 2.55. The molecule has 1 unspecified atom stereocenters. The second kappa shape index (κ2) is 3.97. The third-order valence-electron chi connectivity index (χ3n) is 3.50. The van der Waals surface area contributed by atoms with Crippen LogP contribution < -0.4 is 4.74 Å². The summed E-state index contributed by atoms with van der Waals surface area (Å²) in [6, 6.07) is 1.74. The minimum Gasteiger partial charge on any atom is -0.487 e. The molecule has 0 radical (unpaired) electrons. The molecule has 2 aromatic rings. The highest BCUT2D eigenvalue weighted by Gasteiger charge is 2.29. The van der Waals surface area contributed by atoms with Gasteiger partial charge in [-0.3, -0.25) is 0 Å². The first-order valence-electron chi connectivity index (χ1n) is 6.18. The van der Waals surface area contributed by atoms with Gasteiger partial charge >= 0.3 is 0 Å². The lowest BCUT2D eigenvalue weighted by atomic mass is 9.97. The zero-order valence-corrected chi connectivity index (χ0v) is 10.3. The zero-order chi connectivity index (χ0) is 12.9. The number of halogens is 2. The highest BCUT2D eigenvalue weighted by Crippen LogP contribution is 2.40. The van der Waals surface area contributed by atoms with Crippen LogP contribution in [0.25, 0.3) is 11.0 Å². The van der Waals surface area contributed by atoms with Crippen LogP contribution in [0.4, 0.5) is 8.78 Å². The molecule has 0 amide bonds. The second-order valence-corrected chi connectivity index (χ2v) is 4.72. The molecule has 96 valence electrons. The molecule has 2 nitrogen and oxygen atoms in total. The molecule has 1 aliphatic rings. The molecule has 0 fully saturated rings. The third-order valence-corrected chi connectivity index (χ3v) is 3.50. The Balaban J connectivity index is 2.28. The smallest absolute Gasteiger partial charge is 0.205 e. The molecule has 0 bridgehead atoms. The van der Waals surface area contributed by atoms with E-state index in [1.54, 1.807) is 13.0 Å². The van der Waals surface area contributed by atoms with Crippen molar-refractivity contribution >= 4 is 11.0 Å². The summed E-state index contributed by atoms with van der Waals surface area (Å²) < 4.78 is 38.6. The monoisotopic (exact) mass is 252 g/mol. The van der Waals surface area contributed by atoms with Gasteiger partial charge in [0.1, 0.15) is 5.76 Å². The topological polar surface area (TPSA) is 22.4 Å². The van der Waals surface area contributed by atoms with E-state index >= 15 is 0 Å². The number of fused-ring (bicyclic) bond motifs is 3. The Morgan fingerprint density at radius 1 is 1.33 bits per heavy atom. The number of rotatable bonds is 1. The minimum absolute atomic E-state index is 0.00213. The van der Waals surface area contributed by atoms with Gasteiger partial charge in [-0.1, -0.05) is 6.92 Å². The Hall–Kier alpha value is -1.58. The van der Waals surface area contributed by atoms with E-state index in [1.807, 2.05) is 6.92 Å². The number of ether oxygens (including phenoxy) is 1. The van der Waals surface area contributed by atoms with E-state index in [4.69, 9.17) is 9.15 Å². The molecule has 1 aromatic carbocycles. The van der Waals surface area contributed by atoms with Gasteiger partial charge in [0.25, 0.3) is 0 Å². The van der Waals surface area contributed by atoms with E-state index in [2.05, 4.69) is 0 Å². The molecule has 1 aromatic heterocycles. The van der Waals surface area contributed by atoms with Crippen molar-refractivity contribution in [1.82, 2.24) is 0 Å². The Bertz CT molecular complexity index is 616. The van der Waals surface area contributed by atoms with E-state index in [1.165, 1.54) is 0 Å². The summed E-state index contributed by atoms with van der Waals surface area (Å²) >= 11 is 0. The number of furan rings is 1. The van der Waals surface area contributed by atoms with Gasteiger partial charge in [0.05, 0.1) is 6.10 Å². The molecule has 0 spiro atoms. The van der Waals surface area contributed by atoms with E-state index < -0.39 is 11.6 Å². The van der Waals surface area contributed by atoms with Crippen LogP contribution in [0.1, 0.15) is 31.1 Å². The van der Waals surface area contributed by atoms with E-state index in [0.29, 0.717) is 17.6 Å². The average Bonchev–Trinajstić information content (AvgIpc) is 2.77. The van der Waals surface area contributed by atoms with Gasteiger partial charge in [-0.2, -0.15) is 8.78 Å². The van der Waals surface area contributed by atoms with Crippen molar-refractivity contribution in [3.8, 4) is 5.75 Å². The van der Waals surface area contributed by atoms with Crippen LogP contribution in [0.5, 0.6) is 5.75 Å². The maximum Gasteiger partial charge on any atom is 0.205 e. The molecule has 3 rings (SSSR count). The van der Waals surface area contributed by atoms with Gasteiger partial charge in [0, 0.05) is 10.9 Å². The van der Waals surface area contributed by atoms with Crippen LogP contribution in [-0.4, -0.2) is 6.10 Å². The lowest BCUT2D eigenvalue weighted by Gasteiger charge is -2.26. The molecule has 4 heteroatoms. The molecule has 0 saturated heterocycles. The second-order valence-electron chi connectivity index (χ2n) is 4.72. The molecule has 18 heavy (non-hydrogen) atoms. The van der Waals surface area contributed by atoms with Gasteiger partial charge in [-0.05, 0) is 32.3 Å². The fraction of sp³-hybridized carbons (Fsp3) is 0.429. The van der Waals surface area contributed by atoms with E-state index in [0.717, 1.165) is 18.4 Å². The van der Waals surface area contributed by atoms with Crippen molar-refractivity contribution < 1.29 is 17.9 Å². The van der Waals surface area contributed by atoms with Crippen LogP contribution in [0.3, 0.4) is 0 Å². The predicted octanol–water partition coefficient (Wildman–Crippen LogP) is 4.12. The Labute approximate surface area is 104 Å². The Kier molecular flexibility index (Phi) is 2.54. The Morgan fingerprint density at radius 3 is 2.83 bits per heavy atom. The first kappa shape index (κ1) is 11.5. The largest absolute Gasteiger partial charge is 0.487 e. The summed E-state index contributed by atoms with van der Waals surface area (Å²) in [6.07, 6.45) is 2.29.